The third kappa shape index (κ3) is 7.72. The summed E-state index contributed by atoms with van der Waals surface area (Å²) >= 11 is 0. The Bertz CT molecular complexity index is 2880. The van der Waals surface area contributed by atoms with Crippen molar-refractivity contribution in [2.75, 3.05) is 23.6 Å². The average molecular weight is 805 g/mol. The summed E-state index contributed by atoms with van der Waals surface area (Å²) < 4.78 is 14.6. The Labute approximate surface area is 361 Å². The lowest BCUT2D eigenvalue weighted by atomic mass is 9.80. The second kappa shape index (κ2) is 15.5. The highest BCUT2D eigenvalue weighted by molar-refractivity contribution is 6.09. The second-order valence-corrected chi connectivity index (χ2v) is 18.9. The molecule has 6 heteroatoms. The maximum Gasteiger partial charge on any atom is 0.137 e. The molecular formula is C55H56N4O2. The highest BCUT2D eigenvalue weighted by Crippen LogP contribution is 2.46. The molecular weight excluding hydrogens is 749 g/mol. The number of hydrogen-bond donors (Lipinski definition) is 0. The minimum Gasteiger partial charge on any atom is -0.497 e. The first-order valence-electron chi connectivity index (χ1n) is 21.5. The molecule has 0 saturated heterocycles. The van der Waals surface area contributed by atoms with Gasteiger partial charge in [-0.3, -0.25) is 4.57 Å². The fraction of sp³-hybridized carbons (Fsp3) is 0.255. The Kier molecular flexibility index (Phi) is 10.1. The van der Waals surface area contributed by atoms with Crippen LogP contribution in [0, 0.1) is 5.92 Å². The molecule has 6 nitrogen and oxygen atoms in total. The number of ether oxygens (including phenoxy) is 2. The van der Waals surface area contributed by atoms with Gasteiger partial charge in [0, 0.05) is 46.0 Å². The first-order chi connectivity index (χ1) is 29.2. The van der Waals surface area contributed by atoms with Crippen molar-refractivity contribution in [3.8, 4) is 34.2 Å². The number of hydrogen-bond acceptors (Lipinski definition) is 5. The Morgan fingerprint density at radius 1 is 0.590 bits per heavy atom. The third-order valence-corrected chi connectivity index (χ3v) is 11.9. The van der Waals surface area contributed by atoms with Crippen molar-refractivity contribution in [3.63, 3.8) is 0 Å². The van der Waals surface area contributed by atoms with E-state index in [-0.39, 0.29) is 10.8 Å². The maximum absolute atomic E-state index is 6.77. The van der Waals surface area contributed by atoms with Crippen molar-refractivity contribution >= 4 is 44.6 Å². The van der Waals surface area contributed by atoms with Crippen molar-refractivity contribution in [1.82, 2.24) is 9.55 Å². The topological polar surface area (TPSA) is 42.8 Å². The molecule has 308 valence electrons. The summed E-state index contributed by atoms with van der Waals surface area (Å²) in [5.41, 5.74) is 13.0. The van der Waals surface area contributed by atoms with E-state index in [0.717, 1.165) is 62.7 Å². The summed E-state index contributed by atoms with van der Waals surface area (Å²) in [7, 11) is 1.71. The summed E-state index contributed by atoms with van der Waals surface area (Å²) in [4.78, 5) is 9.98. The van der Waals surface area contributed by atoms with Crippen molar-refractivity contribution in [3.05, 3.63) is 162 Å². The van der Waals surface area contributed by atoms with Crippen LogP contribution >= 0.6 is 0 Å². The van der Waals surface area contributed by atoms with Crippen molar-refractivity contribution in [1.29, 1.82) is 0 Å². The fourth-order valence-corrected chi connectivity index (χ4v) is 8.67. The van der Waals surface area contributed by atoms with E-state index in [1.54, 1.807) is 7.11 Å². The maximum atomic E-state index is 6.77. The van der Waals surface area contributed by atoms with Gasteiger partial charge in [-0.2, -0.15) is 0 Å². The van der Waals surface area contributed by atoms with Crippen LogP contribution in [0.3, 0.4) is 0 Å². The number of para-hydroxylation sites is 3. The van der Waals surface area contributed by atoms with Gasteiger partial charge in [0.2, 0.25) is 0 Å². The fourth-order valence-electron chi connectivity index (χ4n) is 8.67. The molecule has 3 heterocycles. The van der Waals surface area contributed by atoms with Crippen molar-refractivity contribution in [2.24, 2.45) is 5.92 Å². The van der Waals surface area contributed by atoms with Crippen LogP contribution in [0.15, 0.2) is 146 Å². The molecule has 0 unspecified atom stereocenters. The van der Waals surface area contributed by atoms with Gasteiger partial charge in [0.05, 0.1) is 29.5 Å². The van der Waals surface area contributed by atoms with Gasteiger partial charge in [-0.05, 0) is 118 Å². The molecule has 61 heavy (non-hydrogen) atoms. The number of fused-ring (bicyclic) bond motifs is 4. The third-order valence-electron chi connectivity index (χ3n) is 11.9. The summed E-state index contributed by atoms with van der Waals surface area (Å²) in [5, 5.41) is 2.33. The number of methoxy groups -OCH3 is 1. The Morgan fingerprint density at radius 3 is 1.93 bits per heavy atom. The van der Waals surface area contributed by atoms with E-state index < -0.39 is 0 Å². The molecule has 0 aliphatic carbocycles. The van der Waals surface area contributed by atoms with Gasteiger partial charge in [-0.1, -0.05) is 110 Å². The van der Waals surface area contributed by atoms with E-state index in [2.05, 4.69) is 191 Å². The van der Waals surface area contributed by atoms with Gasteiger partial charge in [0.25, 0.3) is 0 Å². The minimum atomic E-state index is 0.0211. The van der Waals surface area contributed by atoms with E-state index in [1.807, 2.05) is 24.4 Å². The number of aromatic nitrogens is 2. The molecule has 0 bridgehead atoms. The van der Waals surface area contributed by atoms with E-state index in [0.29, 0.717) is 12.6 Å². The Balaban J connectivity index is 1.07. The zero-order valence-electron chi connectivity index (χ0n) is 37.0. The molecule has 0 spiro atoms. The zero-order valence-corrected chi connectivity index (χ0v) is 37.0. The molecule has 1 aliphatic rings. The second-order valence-electron chi connectivity index (χ2n) is 18.9. The summed E-state index contributed by atoms with van der Waals surface area (Å²) in [5.74, 6) is 3.72. The van der Waals surface area contributed by atoms with Crippen molar-refractivity contribution < 1.29 is 9.47 Å². The van der Waals surface area contributed by atoms with E-state index >= 15 is 0 Å². The molecule has 0 atom stereocenters. The molecule has 0 radical (unpaired) electrons. The summed E-state index contributed by atoms with van der Waals surface area (Å²) in [6.07, 6.45) is 2.95. The highest BCUT2D eigenvalue weighted by Gasteiger charge is 2.30. The number of rotatable bonds is 9. The first-order valence-corrected chi connectivity index (χ1v) is 21.5. The monoisotopic (exact) mass is 804 g/mol. The van der Waals surface area contributed by atoms with Crippen LogP contribution in [0.4, 0.5) is 22.7 Å². The minimum absolute atomic E-state index is 0.0211. The van der Waals surface area contributed by atoms with Crippen LogP contribution in [-0.2, 0) is 17.3 Å². The first kappa shape index (κ1) is 39.9. The van der Waals surface area contributed by atoms with Crippen LogP contribution in [0.5, 0.6) is 17.2 Å². The number of nitrogens with zero attached hydrogens (tertiary/aromatic N) is 4. The predicted octanol–water partition coefficient (Wildman–Crippen LogP) is 14.7. The Morgan fingerprint density at radius 2 is 1.23 bits per heavy atom. The quantitative estimate of drug-likeness (QED) is 0.145. The molecule has 1 aliphatic heterocycles. The molecule has 8 aromatic rings. The molecule has 0 saturated carbocycles. The van der Waals surface area contributed by atoms with Crippen LogP contribution < -0.4 is 19.3 Å². The SMILES string of the molecule is COc1cccc(-c2cnc(-n3c4ccccc4c4ccc(Oc5cccc(N6CN(c7cc(C(C)(C)C)cc(C(C)(C)C)c7)c7ccccc76)c5)cc43)cc2CC(C)C)c1. The van der Waals surface area contributed by atoms with Crippen LogP contribution in [-0.4, -0.2) is 23.3 Å². The lowest BCUT2D eigenvalue weighted by molar-refractivity contribution is 0.415. The number of benzene rings is 6. The standard InChI is InChI=1S/C55H56N4O2/c1-36(2)26-38-28-53(56-34-48(38)37-16-14-18-43(27-37)60-9)59-49-21-11-10-20-46(49)47-25-24-45(33-52(47)59)61-44-19-15-17-41(32-44)57-35-58(51-23-13-12-22-50(51)57)42-30-39(54(3,4)5)29-40(31-42)55(6,7)8/h10-25,27-34,36H,26,35H2,1-9H3. The van der Waals surface area contributed by atoms with E-state index in [4.69, 9.17) is 14.5 Å². The van der Waals surface area contributed by atoms with Gasteiger partial charge in [-0.25, -0.2) is 4.98 Å². The van der Waals surface area contributed by atoms with Crippen LogP contribution in [0.2, 0.25) is 0 Å². The number of pyridine rings is 1. The zero-order chi connectivity index (χ0) is 42.6. The highest BCUT2D eigenvalue weighted by atomic mass is 16.5. The van der Waals surface area contributed by atoms with Gasteiger partial charge in [-0.15, -0.1) is 0 Å². The molecule has 9 rings (SSSR count). The summed E-state index contributed by atoms with van der Waals surface area (Å²) in [6.45, 7) is 19.0. The van der Waals surface area contributed by atoms with Crippen LogP contribution in [0.1, 0.15) is 72.1 Å². The van der Waals surface area contributed by atoms with E-state index in [1.165, 1.54) is 39.1 Å². The van der Waals surface area contributed by atoms with E-state index in [9.17, 15) is 0 Å². The van der Waals surface area contributed by atoms with Gasteiger partial charge in [0.15, 0.2) is 0 Å². The summed E-state index contributed by atoms with van der Waals surface area (Å²) in [6, 6.07) is 49.8. The molecule has 0 fully saturated rings. The smallest absolute Gasteiger partial charge is 0.137 e. The predicted molar refractivity (Wildman–Crippen MR) is 255 cm³/mol. The molecule has 0 amide bonds. The van der Waals surface area contributed by atoms with Gasteiger partial charge in [0.1, 0.15) is 29.7 Å². The molecule has 0 N–H and O–H groups in total. The number of anilines is 4. The molecule has 6 aromatic carbocycles. The lowest BCUT2D eigenvalue weighted by Crippen LogP contribution is -2.25. The van der Waals surface area contributed by atoms with Crippen molar-refractivity contribution in [2.45, 2.75) is 72.6 Å². The van der Waals surface area contributed by atoms with Crippen LogP contribution in [0.25, 0.3) is 38.8 Å². The largest absolute Gasteiger partial charge is 0.497 e. The van der Waals surface area contributed by atoms with Gasteiger partial charge < -0.3 is 19.3 Å². The average Bonchev–Trinajstić information content (AvgIpc) is 3.79. The van der Waals surface area contributed by atoms with Gasteiger partial charge >= 0.3 is 0 Å². The molecule has 2 aromatic heterocycles. The normalized spacial score (nSPS) is 13.1. The lowest BCUT2D eigenvalue weighted by Gasteiger charge is -2.29. The Hall–Kier alpha value is -6.53.